The second-order valence-electron chi connectivity index (χ2n) is 6.23. The quantitative estimate of drug-likeness (QED) is 0.337. The molecule has 0 unspecified atom stereocenters. The Kier molecular flexibility index (Phi) is 6.08. The maximum Gasteiger partial charge on any atom is 0.262 e. The molecule has 0 saturated carbocycles. The van der Waals surface area contributed by atoms with Gasteiger partial charge < -0.3 is 9.73 Å². The molecular formula is C20H14Cl2N4O3S. The van der Waals surface area contributed by atoms with E-state index >= 15 is 0 Å². The Morgan fingerprint density at radius 3 is 2.73 bits per heavy atom. The van der Waals surface area contributed by atoms with Gasteiger partial charge >= 0.3 is 0 Å². The Hall–Kier alpha value is -2.81. The van der Waals surface area contributed by atoms with Crippen LogP contribution in [0.15, 0.2) is 69.3 Å². The van der Waals surface area contributed by atoms with Gasteiger partial charge in [0.15, 0.2) is 5.16 Å². The number of rotatable bonds is 6. The van der Waals surface area contributed by atoms with Crippen LogP contribution in [0.25, 0.3) is 10.9 Å². The number of halogens is 2. The first-order valence-electron chi connectivity index (χ1n) is 8.76. The second-order valence-corrected chi connectivity index (χ2v) is 8.04. The molecule has 0 radical (unpaired) electrons. The van der Waals surface area contributed by atoms with Crippen LogP contribution in [0.5, 0.6) is 0 Å². The zero-order valence-electron chi connectivity index (χ0n) is 15.3. The van der Waals surface area contributed by atoms with Gasteiger partial charge in [0, 0.05) is 11.2 Å². The zero-order chi connectivity index (χ0) is 21.1. The average molecular weight is 461 g/mol. The third-order valence-electron chi connectivity index (χ3n) is 4.10. The fraction of sp³-hybridized carbons (Fsp3) is 0.100. The number of carbonyl (C=O) groups is 1. The first-order chi connectivity index (χ1) is 14.5. The Balaban J connectivity index is 1.61. The number of nitrogens with one attached hydrogen (secondary N) is 1. The van der Waals surface area contributed by atoms with Gasteiger partial charge in [0.25, 0.3) is 5.56 Å². The van der Waals surface area contributed by atoms with E-state index in [9.17, 15) is 9.59 Å². The van der Waals surface area contributed by atoms with Gasteiger partial charge in [-0.2, -0.15) is 0 Å². The van der Waals surface area contributed by atoms with E-state index in [-0.39, 0.29) is 23.8 Å². The number of pyridine rings is 1. The number of aromatic nitrogens is 3. The number of carbonyl (C=O) groups excluding carboxylic acids is 1. The van der Waals surface area contributed by atoms with E-state index in [1.54, 1.807) is 42.5 Å². The molecule has 10 heteroatoms. The summed E-state index contributed by atoms with van der Waals surface area (Å²) in [4.78, 5) is 34.0. The predicted molar refractivity (Wildman–Crippen MR) is 117 cm³/mol. The highest BCUT2D eigenvalue weighted by molar-refractivity contribution is 7.99. The summed E-state index contributed by atoms with van der Waals surface area (Å²) >= 11 is 13.0. The molecule has 0 aliphatic heterocycles. The third-order valence-corrected chi connectivity index (χ3v) is 5.54. The number of anilines is 1. The molecule has 7 nitrogen and oxygen atoms in total. The first kappa shape index (κ1) is 20.5. The highest BCUT2D eigenvalue weighted by Gasteiger charge is 2.15. The lowest BCUT2D eigenvalue weighted by atomic mass is 10.2. The maximum absolute atomic E-state index is 13.1. The Morgan fingerprint density at radius 1 is 1.17 bits per heavy atom. The normalized spacial score (nSPS) is 11.0. The number of thioether (sulfide) groups is 1. The first-order valence-corrected chi connectivity index (χ1v) is 10.5. The maximum atomic E-state index is 13.1. The van der Waals surface area contributed by atoms with Crippen LogP contribution >= 0.6 is 35.0 Å². The van der Waals surface area contributed by atoms with Crippen molar-refractivity contribution in [3.05, 3.63) is 81.1 Å². The number of hydrogen-bond acceptors (Lipinski definition) is 6. The van der Waals surface area contributed by atoms with Crippen molar-refractivity contribution in [2.75, 3.05) is 11.1 Å². The molecule has 0 fully saturated rings. The zero-order valence-corrected chi connectivity index (χ0v) is 17.7. The number of furan rings is 1. The van der Waals surface area contributed by atoms with E-state index in [1.165, 1.54) is 17.0 Å². The molecule has 1 amide bonds. The molecule has 1 aromatic carbocycles. The highest BCUT2D eigenvalue weighted by Crippen LogP contribution is 2.22. The van der Waals surface area contributed by atoms with Gasteiger partial charge in [-0.15, -0.1) is 0 Å². The lowest BCUT2D eigenvalue weighted by molar-refractivity contribution is -0.113. The predicted octanol–water partition coefficient (Wildman–Crippen LogP) is 4.47. The van der Waals surface area contributed by atoms with Crippen molar-refractivity contribution < 1.29 is 9.21 Å². The summed E-state index contributed by atoms with van der Waals surface area (Å²) in [5, 5.41) is 4.44. The van der Waals surface area contributed by atoms with Crippen molar-refractivity contribution in [2.45, 2.75) is 11.7 Å². The number of hydrogen-bond donors (Lipinski definition) is 1. The monoisotopic (exact) mass is 460 g/mol. The largest absolute Gasteiger partial charge is 0.467 e. The Labute approximate surface area is 185 Å². The molecule has 0 spiro atoms. The Bertz CT molecular complexity index is 1260. The fourth-order valence-electron chi connectivity index (χ4n) is 2.74. The van der Waals surface area contributed by atoms with Crippen LogP contribution in [-0.4, -0.2) is 26.2 Å². The van der Waals surface area contributed by atoms with Crippen molar-refractivity contribution >= 4 is 57.6 Å². The number of fused-ring (bicyclic) bond motifs is 1. The van der Waals surface area contributed by atoms with Crippen LogP contribution in [-0.2, 0) is 11.3 Å². The SMILES string of the molecule is O=C(CSc1nc2cc(Cl)ccc2c(=O)n1Cc1ccco1)Nc1ccc(Cl)cn1. The van der Waals surface area contributed by atoms with E-state index in [2.05, 4.69) is 15.3 Å². The minimum absolute atomic E-state index is 0.0287. The molecule has 1 N–H and O–H groups in total. The van der Waals surface area contributed by atoms with Crippen LogP contribution < -0.4 is 10.9 Å². The van der Waals surface area contributed by atoms with Crippen molar-refractivity contribution in [2.24, 2.45) is 0 Å². The number of nitrogens with zero attached hydrogens (tertiary/aromatic N) is 3. The van der Waals surface area contributed by atoms with Gasteiger partial charge in [-0.1, -0.05) is 35.0 Å². The molecule has 152 valence electrons. The molecule has 0 atom stereocenters. The van der Waals surface area contributed by atoms with Crippen LogP contribution in [0.4, 0.5) is 5.82 Å². The molecular weight excluding hydrogens is 447 g/mol. The molecule has 0 saturated heterocycles. The van der Waals surface area contributed by atoms with Crippen molar-refractivity contribution in [3.8, 4) is 0 Å². The summed E-state index contributed by atoms with van der Waals surface area (Å²) in [5.41, 5.74) is 0.223. The smallest absolute Gasteiger partial charge is 0.262 e. The van der Waals surface area contributed by atoms with Crippen molar-refractivity contribution in [3.63, 3.8) is 0 Å². The summed E-state index contributed by atoms with van der Waals surface area (Å²) in [6.07, 6.45) is 2.98. The van der Waals surface area contributed by atoms with Gasteiger partial charge in [-0.05, 0) is 42.5 Å². The summed E-state index contributed by atoms with van der Waals surface area (Å²) in [5.74, 6) is 0.723. The topological polar surface area (TPSA) is 90.0 Å². The minimum Gasteiger partial charge on any atom is -0.467 e. The molecule has 4 aromatic rings. The standard InChI is InChI=1S/C20H14Cl2N4O3S/c21-12-3-5-15-16(8-12)24-20(26(19(15)28)10-14-2-1-7-29-14)30-11-18(27)25-17-6-4-13(22)9-23-17/h1-9H,10-11H2,(H,23,25,27). The molecule has 3 aromatic heterocycles. The summed E-state index contributed by atoms with van der Waals surface area (Å²) in [6.45, 7) is 0.195. The van der Waals surface area contributed by atoms with Crippen LogP contribution in [0, 0.1) is 0 Å². The summed E-state index contributed by atoms with van der Waals surface area (Å²) in [7, 11) is 0. The molecule has 0 aliphatic carbocycles. The molecule has 0 bridgehead atoms. The molecule has 0 aliphatic rings. The summed E-state index contributed by atoms with van der Waals surface area (Å²) in [6, 6.07) is 11.7. The second kappa shape index (κ2) is 8.91. The van der Waals surface area contributed by atoms with Crippen LogP contribution in [0.2, 0.25) is 10.0 Å². The van der Waals surface area contributed by atoms with E-state index in [4.69, 9.17) is 27.6 Å². The fourth-order valence-corrected chi connectivity index (χ4v) is 3.82. The number of benzene rings is 1. The number of amides is 1. The van der Waals surface area contributed by atoms with Gasteiger partial charge in [-0.25, -0.2) is 9.97 Å². The van der Waals surface area contributed by atoms with Crippen LogP contribution in [0.3, 0.4) is 0 Å². The van der Waals surface area contributed by atoms with Crippen LogP contribution in [0.1, 0.15) is 5.76 Å². The third kappa shape index (κ3) is 4.67. The average Bonchev–Trinajstić information content (AvgIpc) is 3.23. The van der Waals surface area contributed by atoms with Gasteiger partial charge in [0.05, 0.1) is 34.5 Å². The van der Waals surface area contributed by atoms with E-state index in [0.717, 1.165) is 11.8 Å². The lowest BCUT2D eigenvalue weighted by Gasteiger charge is -2.12. The van der Waals surface area contributed by atoms with Crippen molar-refractivity contribution in [1.29, 1.82) is 0 Å². The highest BCUT2D eigenvalue weighted by atomic mass is 35.5. The van der Waals surface area contributed by atoms with Crippen molar-refractivity contribution in [1.82, 2.24) is 14.5 Å². The van der Waals surface area contributed by atoms with E-state index in [1.807, 2.05) is 0 Å². The molecule has 3 heterocycles. The van der Waals surface area contributed by atoms with Gasteiger partial charge in [-0.3, -0.25) is 14.2 Å². The minimum atomic E-state index is -0.292. The van der Waals surface area contributed by atoms with E-state index in [0.29, 0.717) is 37.7 Å². The summed E-state index contributed by atoms with van der Waals surface area (Å²) < 4.78 is 6.86. The Morgan fingerprint density at radius 2 is 2.00 bits per heavy atom. The molecule has 30 heavy (non-hydrogen) atoms. The molecule has 4 rings (SSSR count). The van der Waals surface area contributed by atoms with E-state index < -0.39 is 0 Å². The van der Waals surface area contributed by atoms with Gasteiger partial charge in [0.2, 0.25) is 5.91 Å². The van der Waals surface area contributed by atoms with Gasteiger partial charge in [0.1, 0.15) is 11.6 Å². The lowest BCUT2D eigenvalue weighted by Crippen LogP contribution is -2.24.